The number of benzene rings is 1. The fourth-order valence-electron chi connectivity index (χ4n) is 2.38. The molecule has 0 saturated carbocycles. The molecule has 21 heavy (non-hydrogen) atoms. The smallest absolute Gasteiger partial charge is 0.353 e. The highest BCUT2D eigenvalue weighted by molar-refractivity contribution is 6.41. The van der Waals surface area contributed by atoms with E-state index in [4.69, 9.17) is 9.73 Å². The van der Waals surface area contributed by atoms with E-state index in [0.717, 1.165) is 11.4 Å². The van der Waals surface area contributed by atoms with E-state index in [2.05, 4.69) is 17.1 Å². The molecule has 1 aromatic carbocycles. The summed E-state index contributed by atoms with van der Waals surface area (Å²) >= 11 is 0. The molecule has 0 unspecified atom stereocenters. The van der Waals surface area contributed by atoms with Gasteiger partial charge in [-0.3, -0.25) is 4.99 Å². The van der Waals surface area contributed by atoms with Gasteiger partial charge in [0.25, 0.3) is 0 Å². The summed E-state index contributed by atoms with van der Waals surface area (Å²) in [4.78, 5) is 21.2. The van der Waals surface area contributed by atoms with Gasteiger partial charge in [0, 0.05) is 18.1 Å². The van der Waals surface area contributed by atoms with Gasteiger partial charge in [-0.15, -0.1) is 0 Å². The molecule has 0 fully saturated rings. The number of rotatable bonds is 3. The summed E-state index contributed by atoms with van der Waals surface area (Å²) in [6.07, 6.45) is 8.52. The van der Waals surface area contributed by atoms with Crippen LogP contribution in [-0.2, 0) is 9.53 Å². The molecule has 4 heteroatoms. The average Bonchev–Trinajstić information content (AvgIpc) is 2.94. The molecule has 0 saturated heterocycles. The van der Waals surface area contributed by atoms with Crippen LogP contribution in [0.3, 0.4) is 0 Å². The van der Waals surface area contributed by atoms with Crippen LogP contribution in [0.5, 0.6) is 0 Å². The van der Waals surface area contributed by atoms with Crippen LogP contribution in [0.2, 0.25) is 0 Å². The first kappa shape index (κ1) is 13.5. The van der Waals surface area contributed by atoms with Crippen molar-refractivity contribution in [3.05, 3.63) is 48.6 Å². The standard InChI is InChI=1S/C17H16N2O2/c1-2-21-17(20)16-11-15(12-7-3-4-8-12)18-13-9-5-6-10-14(13)19-16/h3-10,12H,2,11H2,1H3. The predicted molar refractivity (Wildman–Crippen MR) is 83.7 cm³/mol. The Balaban J connectivity index is 2.03. The second-order valence-corrected chi connectivity index (χ2v) is 4.84. The molecule has 2 aliphatic rings. The Labute approximate surface area is 123 Å². The van der Waals surface area contributed by atoms with Crippen molar-refractivity contribution in [3.8, 4) is 0 Å². The van der Waals surface area contributed by atoms with Gasteiger partial charge in [-0.1, -0.05) is 36.4 Å². The summed E-state index contributed by atoms with van der Waals surface area (Å²) in [7, 11) is 0. The largest absolute Gasteiger partial charge is 0.461 e. The molecular weight excluding hydrogens is 264 g/mol. The van der Waals surface area contributed by atoms with E-state index in [-0.39, 0.29) is 11.9 Å². The minimum atomic E-state index is -0.368. The summed E-state index contributed by atoms with van der Waals surface area (Å²) in [5, 5.41) is 0. The molecule has 0 bridgehead atoms. The van der Waals surface area contributed by atoms with E-state index in [1.54, 1.807) is 6.92 Å². The number of carbonyl (C=O) groups excluding carboxylic acids is 1. The van der Waals surface area contributed by atoms with Crippen molar-refractivity contribution in [2.45, 2.75) is 13.3 Å². The molecule has 0 amide bonds. The van der Waals surface area contributed by atoms with Gasteiger partial charge in [0.05, 0.1) is 18.0 Å². The van der Waals surface area contributed by atoms with Gasteiger partial charge in [-0.05, 0) is 19.1 Å². The van der Waals surface area contributed by atoms with Crippen LogP contribution >= 0.6 is 0 Å². The van der Waals surface area contributed by atoms with E-state index in [0.29, 0.717) is 24.4 Å². The fraction of sp³-hybridized carbons (Fsp3) is 0.235. The first-order valence-electron chi connectivity index (χ1n) is 7.04. The van der Waals surface area contributed by atoms with Gasteiger partial charge < -0.3 is 4.74 Å². The first-order chi connectivity index (χ1) is 10.3. The number of aliphatic imine (C=N–C) groups is 2. The van der Waals surface area contributed by atoms with Crippen molar-refractivity contribution < 1.29 is 9.53 Å². The zero-order chi connectivity index (χ0) is 14.7. The summed E-state index contributed by atoms with van der Waals surface area (Å²) in [6.45, 7) is 2.13. The first-order valence-corrected chi connectivity index (χ1v) is 7.04. The Hall–Kier alpha value is -2.49. The fourth-order valence-corrected chi connectivity index (χ4v) is 2.38. The molecular formula is C17H16N2O2. The zero-order valence-electron chi connectivity index (χ0n) is 11.8. The van der Waals surface area contributed by atoms with Gasteiger partial charge >= 0.3 is 5.97 Å². The van der Waals surface area contributed by atoms with Crippen molar-refractivity contribution >= 4 is 28.8 Å². The lowest BCUT2D eigenvalue weighted by atomic mass is 10.00. The number of nitrogens with zero attached hydrogens (tertiary/aromatic N) is 2. The van der Waals surface area contributed by atoms with Gasteiger partial charge in [0.15, 0.2) is 0 Å². The van der Waals surface area contributed by atoms with Crippen LogP contribution in [0.25, 0.3) is 0 Å². The van der Waals surface area contributed by atoms with Gasteiger partial charge in [-0.25, -0.2) is 9.79 Å². The van der Waals surface area contributed by atoms with Crippen LogP contribution in [0, 0.1) is 5.92 Å². The van der Waals surface area contributed by atoms with Crippen molar-refractivity contribution in [1.82, 2.24) is 0 Å². The van der Waals surface area contributed by atoms with Crippen molar-refractivity contribution in [3.63, 3.8) is 0 Å². The quantitative estimate of drug-likeness (QED) is 0.795. The van der Waals surface area contributed by atoms with Crippen molar-refractivity contribution in [1.29, 1.82) is 0 Å². The lowest BCUT2D eigenvalue weighted by Crippen LogP contribution is -2.22. The molecule has 0 radical (unpaired) electrons. The van der Waals surface area contributed by atoms with Crippen molar-refractivity contribution in [2.24, 2.45) is 15.9 Å². The molecule has 1 heterocycles. The second-order valence-electron chi connectivity index (χ2n) is 4.84. The van der Waals surface area contributed by atoms with Gasteiger partial charge in [-0.2, -0.15) is 0 Å². The molecule has 106 valence electrons. The predicted octanol–water partition coefficient (Wildman–Crippen LogP) is 3.54. The number of hydrogen-bond donors (Lipinski definition) is 0. The summed E-state index contributed by atoms with van der Waals surface area (Å²) in [5.74, 6) is -0.247. The molecule has 3 rings (SSSR count). The van der Waals surface area contributed by atoms with Crippen LogP contribution in [-0.4, -0.2) is 24.0 Å². The van der Waals surface area contributed by atoms with E-state index in [9.17, 15) is 4.79 Å². The molecule has 0 N–H and O–H groups in total. The Kier molecular flexibility index (Phi) is 3.77. The SMILES string of the molecule is CCOC(=O)C1=Nc2ccccc2N=C(C2C=CC=C2)C1. The molecule has 0 atom stereocenters. The highest BCUT2D eigenvalue weighted by atomic mass is 16.5. The molecule has 1 aliphatic carbocycles. The minimum Gasteiger partial charge on any atom is -0.461 e. The number of fused-ring (bicyclic) bond motifs is 1. The Morgan fingerprint density at radius 1 is 1.19 bits per heavy atom. The Bertz CT molecular complexity index is 672. The molecule has 1 aliphatic heterocycles. The second kappa shape index (κ2) is 5.87. The highest BCUT2D eigenvalue weighted by Gasteiger charge is 2.23. The van der Waals surface area contributed by atoms with Crippen LogP contribution in [0.4, 0.5) is 11.4 Å². The van der Waals surface area contributed by atoms with Crippen molar-refractivity contribution in [2.75, 3.05) is 6.61 Å². The third-order valence-electron chi connectivity index (χ3n) is 3.39. The van der Waals surface area contributed by atoms with E-state index >= 15 is 0 Å². The third-order valence-corrected chi connectivity index (χ3v) is 3.39. The zero-order valence-corrected chi connectivity index (χ0v) is 11.8. The number of ether oxygens (including phenoxy) is 1. The van der Waals surface area contributed by atoms with Gasteiger partial charge in [0.2, 0.25) is 0 Å². The number of hydrogen-bond acceptors (Lipinski definition) is 4. The lowest BCUT2D eigenvalue weighted by molar-refractivity contribution is -0.135. The molecule has 1 aromatic rings. The maximum absolute atomic E-state index is 12.1. The highest BCUT2D eigenvalue weighted by Crippen LogP contribution is 2.32. The third kappa shape index (κ3) is 2.84. The van der Waals surface area contributed by atoms with Crippen LogP contribution < -0.4 is 0 Å². The summed E-state index contributed by atoms with van der Waals surface area (Å²) in [6, 6.07) is 7.59. The van der Waals surface area contributed by atoms with E-state index in [1.807, 2.05) is 36.4 Å². The maximum Gasteiger partial charge on any atom is 0.353 e. The van der Waals surface area contributed by atoms with Crippen LogP contribution in [0.1, 0.15) is 13.3 Å². The number of carbonyl (C=O) groups is 1. The average molecular weight is 280 g/mol. The number of allylic oxidation sites excluding steroid dienone is 4. The Morgan fingerprint density at radius 2 is 1.86 bits per heavy atom. The van der Waals surface area contributed by atoms with Gasteiger partial charge in [0.1, 0.15) is 5.71 Å². The summed E-state index contributed by atoms with van der Waals surface area (Å²) in [5.41, 5.74) is 2.83. The monoisotopic (exact) mass is 280 g/mol. The number of esters is 1. The normalized spacial score (nSPS) is 17.0. The topological polar surface area (TPSA) is 51.0 Å². The van der Waals surface area contributed by atoms with Crippen LogP contribution in [0.15, 0.2) is 58.6 Å². The maximum atomic E-state index is 12.1. The molecule has 4 nitrogen and oxygen atoms in total. The summed E-state index contributed by atoms with van der Waals surface area (Å²) < 4.78 is 5.10. The molecule has 0 spiro atoms. The lowest BCUT2D eigenvalue weighted by Gasteiger charge is -2.10. The minimum absolute atomic E-state index is 0.121. The Morgan fingerprint density at radius 3 is 2.52 bits per heavy atom. The van der Waals surface area contributed by atoms with E-state index in [1.165, 1.54) is 0 Å². The van der Waals surface area contributed by atoms with E-state index < -0.39 is 0 Å². The molecule has 0 aromatic heterocycles. The number of para-hydroxylation sites is 2.